The Kier molecular flexibility index (Phi) is 7.41. The Morgan fingerprint density at radius 3 is 2.44 bits per heavy atom. The number of hydrogen-bond acceptors (Lipinski definition) is 6. The highest BCUT2D eigenvalue weighted by atomic mass is 16.5. The molecule has 1 heterocycles. The van der Waals surface area contributed by atoms with Crippen molar-refractivity contribution in [3.8, 4) is 11.1 Å². The van der Waals surface area contributed by atoms with Gasteiger partial charge in [-0.25, -0.2) is 4.79 Å². The minimum Gasteiger partial charge on any atom is -0.445 e. The molecule has 0 spiro atoms. The standard InChI is InChI=1S/C24H26N4O4/c1-15-18(5-3-7-20(15)25)19-6-4-8-21(16(19)2)28-23(30)22-10-9-17(13-27-22)14-32-24(31)26-11-12-29/h3-10,13,29H,11-12,14,25H2,1-2H3,(H,26,31)(H,28,30). The average Bonchev–Trinajstić information content (AvgIpc) is 2.80. The summed E-state index contributed by atoms with van der Waals surface area (Å²) in [4.78, 5) is 28.3. The van der Waals surface area contributed by atoms with Gasteiger partial charge in [0.1, 0.15) is 12.3 Å². The smallest absolute Gasteiger partial charge is 0.407 e. The fourth-order valence-corrected chi connectivity index (χ4v) is 3.20. The highest BCUT2D eigenvalue weighted by Gasteiger charge is 2.13. The highest BCUT2D eigenvalue weighted by Crippen LogP contribution is 2.32. The van der Waals surface area contributed by atoms with Crippen molar-refractivity contribution in [2.45, 2.75) is 20.5 Å². The van der Waals surface area contributed by atoms with Gasteiger partial charge in [-0.15, -0.1) is 0 Å². The molecule has 0 aliphatic rings. The largest absolute Gasteiger partial charge is 0.445 e. The molecule has 0 saturated heterocycles. The van der Waals surface area contributed by atoms with Crippen LogP contribution in [-0.2, 0) is 11.3 Å². The quantitative estimate of drug-likeness (QED) is 0.422. The van der Waals surface area contributed by atoms with Crippen LogP contribution in [0.25, 0.3) is 11.1 Å². The average molecular weight is 434 g/mol. The number of benzene rings is 2. The normalized spacial score (nSPS) is 10.5. The lowest BCUT2D eigenvalue weighted by Gasteiger charge is -2.15. The second-order valence-electron chi connectivity index (χ2n) is 7.23. The van der Waals surface area contributed by atoms with E-state index < -0.39 is 6.09 Å². The molecule has 3 rings (SSSR count). The molecule has 0 unspecified atom stereocenters. The molecule has 166 valence electrons. The van der Waals surface area contributed by atoms with Crippen LogP contribution in [-0.4, -0.2) is 35.2 Å². The van der Waals surface area contributed by atoms with Crippen LogP contribution < -0.4 is 16.4 Å². The molecule has 1 aromatic heterocycles. The SMILES string of the molecule is Cc1c(N)cccc1-c1cccc(NC(=O)c2ccc(COC(=O)NCCO)cn2)c1C. The van der Waals surface area contributed by atoms with Gasteiger partial charge >= 0.3 is 6.09 Å². The number of rotatable bonds is 7. The van der Waals surface area contributed by atoms with Gasteiger partial charge in [0.05, 0.1) is 6.61 Å². The summed E-state index contributed by atoms with van der Waals surface area (Å²) in [5.74, 6) is -0.345. The number of nitrogen functional groups attached to an aromatic ring is 1. The topological polar surface area (TPSA) is 127 Å². The van der Waals surface area contributed by atoms with Crippen LogP contribution in [0.3, 0.4) is 0 Å². The molecule has 0 bridgehead atoms. The number of aliphatic hydroxyl groups is 1. The fourth-order valence-electron chi connectivity index (χ4n) is 3.20. The van der Waals surface area contributed by atoms with Crippen molar-refractivity contribution in [1.82, 2.24) is 10.3 Å². The Balaban J connectivity index is 1.70. The monoisotopic (exact) mass is 434 g/mol. The maximum absolute atomic E-state index is 12.7. The molecule has 2 amide bonds. The number of aromatic nitrogens is 1. The zero-order chi connectivity index (χ0) is 23.1. The van der Waals surface area contributed by atoms with E-state index in [0.29, 0.717) is 11.3 Å². The van der Waals surface area contributed by atoms with Gasteiger partial charge < -0.3 is 26.2 Å². The summed E-state index contributed by atoms with van der Waals surface area (Å²) in [6.07, 6.45) is 0.847. The Hall–Kier alpha value is -3.91. The van der Waals surface area contributed by atoms with Crippen molar-refractivity contribution < 1.29 is 19.4 Å². The van der Waals surface area contributed by atoms with Crippen molar-refractivity contribution in [2.24, 2.45) is 0 Å². The number of nitrogens with zero attached hydrogens (tertiary/aromatic N) is 1. The van der Waals surface area contributed by atoms with Crippen LogP contribution >= 0.6 is 0 Å². The summed E-state index contributed by atoms with van der Waals surface area (Å²) in [6, 6.07) is 14.7. The first-order valence-electron chi connectivity index (χ1n) is 10.1. The molecule has 8 nitrogen and oxygen atoms in total. The van der Waals surface area contributed by atoms with Crippen LogP contribution in [0.15, 0.2) is 54.7 Å². The lowest BCUT2D eigenvalue weighted by atomic mass is 9.95. The Morgan fingerprint density at radius 2 is 1.75 bits per heavy atom. The molecule has 8 heteroatoms. The lowest BCUT2D eigenvalue weighted by molar-refractivity contribution is 0.102. The van der Waals surface area contributed by atoms with E-state index >= 15 is 0 Å². The molecular weight excluding hydrogens is 408 g/mol. The third-order valence-electron chi connectivity index (χ3n) is 5.06. The predicted octanol–water partition coefficient (Wildman–Crippen LogP) is 3.42. The van der Waals surface area contributed by atoms with E-state index in [1.54, 1.807) is 12.1 Å². The van der Waals surface area contributed by atoms with Gasteiger partial charge in [-0.2, -0.15) is 0 Å². The molecule has 0 saturated carbocycles. The molecular formula is C24H26N4O4. The molecule has 0 radical (unpaired) electrons. The third-order valence-corrected chi connectivity index (χ3v) is 5.06. The first kappa shape index (κ1) is 22.8. The van der Waals surface area contributed by atoms with Crippen molar-refractivity contribution in [3.05, 3.63) is 77.1 Å². The number of aliphatic hydroxyl groups excluding tert-OH is 1. The van der Waals surface area contributed by atoms with Crippen LogP contribution in [0, 0.1) is 13.8 Å². The van der Waals surface area contributed by atoms with Crippen molar-refractivity contribution in [2.75, 3.05) is 24.2 Å². The van der Waals surface area contributed by atoms with Gasteiger partial charge in [0, 0.05) is 29.7 Å². The molecule has 0 atom stereocenters. The van der Waals surface area contributed by atoms with E-state index in [9.17, 15) is 9.59 Å². The predicted molar refractivity (Wildman–Crippen MR) is 123 cm³/mol. The first-order chi connectivity index (χ1) is 15.4. The number of carbonyl (C=O) groups excluding carboxylic acids is 2. The molecule has 0 aliphatic heterocycles. The van der Waals surface area contributed by atoms with Crippen LogP contribution in [0.5, 0.6) is 0 Å². The summed E-state index contributed by atoms with van der Waals surface area (Å²) in [6.45, 7) is 3.88. The summed E-state index contributed by atoms with van der Waals surface area (Å²) in [5, 5.41) is 14.0. The molecule has 2 aromatic carbocycles. The van der Waals surface area contributed by atoms with E-state index in [1.807, 2.05) is 50.2 Å². The minimum absolute atomic E-state index is 0.00682. The van der Waals surface area contributed by atoms with Crippen LogP contribution in [0.2, 0.25) is 0 Å². The van der Waals surface area contributed by atoms with Gasteiger partial charge in [0.25, 0.3) is 5.91 Å². The van der Waals surface area contributed by atoms with E-state index in [-0.39, 0.29) is 31.4 Å². The minimum atomic E-state index is -0.633. The number of carbonyl (C=O) groups is 2. The van der Waals surface area contributed by atoms with Gasteiger partial charge in [-0.3, -0.25) is 9.78 Å². The molecule has 5 N–H and O–H groups in total. The van der Waals surface area contributed by atoms with E-state index in [0.717, 1.165) is 27.9 Å². The van der Waals surface area contributed by atoms with Gasteiger partial charge in [-0.05, 0) is 54.3 Å². The molecule has 32 heavy (non-hydrogen) atoms. The maximum atomic E-state index is 12.7. The van der Waals surface area contributed by atoms with E-state index in [4.69, 9.17) is 15.6 Å². The summed E-state index contributed by atoms with van der Waals surface area (Å²) in [7, 11) is 0. The zero-order valence-electron chi connectivity index (χ0n) is 18.0. The molecule has 3 aromatic rings. The number of nitrogens with two attached hydrogens (primary N) is 1. The van der Waals surface area contributed by atoms with Crippen LogP contribution in [0.4, 0.5) is 16.2 Å². The Labute approximate surface area is 186 Å². The number of nitrogens with one attached hydrogen (secondary N) is 2. The fraction of sp³-hybridized carbons (Fsp3) is 0.208. The zero-order valence-corrected chi connectivity index (χ0v) is 18.0. The van der Waals surface area contributed by atoms with Gasteiger partial charge in [-0.1, -0.05) is 30.3 Å². The van der Waals surface area contributed by atoms with Gasteiger partial charge in [0.15, 0.2) is 0 Å². The second-order valence-corrected chi connectivity index (χ2v) is 7.23. The number of anilines is 2. The second kappa shape index (κ2) is 10.4. The van der Waals surface area contributed by atoms with Gasteiger partial charge in [0.2, 0.25) is 0 Å². The third kappa shape index (κ3) is 5.41. The number of alkyl carbamates (subject to hydrolysis) is 1. The highest BCUT2D eigenvalue weighted by molar-refractivity contribution is 6.03. The number of amides is 2. The number of pyridine rings is 1. The Bertz CT molecular complexity index is 1110. The summed E-state index contributed by atoms with van der Waals surface area (Å²) >= 11 is 0. The van der Waals surface area contributed by atoms with Crippen molar-refractivity contribution >= 4 is 23.4 Å². The molecule has 0 fully saturated rings. The summed E-state index contributed by atoms with van der Waals surface area (Å²) in [5.41, 5.74) is 12.3. The van der Waals surface area contributed by atoms with Crippen molar-refractivity contribution in [1.29, 1.82) is 0 Å². The molecule has 0 aliphatic carbocycles. The van der Waals surface area contributed by atoms with Crippen LogP contribution in [0.1, 0.15) is 27.2 Å². The van der Waals surface area contributed by atoms with E-state index in [2.05, 4.69) is 15.6 Å². The summed E-state index contributed by atoms with van der Waals surface area (Å²) < 4.78 is 5.00. The number of hydrogen-bond donors (Lipinski definition) is 4. The Morgan fingerprint density at radius 1 is 1.03 bits per heavy atom. The first-order valence-corrected chi connectivity index (χ1v) is 10.1. The maximum Gasteiger partial charge on any atom is 0.407 e. The van der Waals surface area contributed by atoms with E-state index in [1.165, 1.54) is 6.20 Å². The lowest BCUT2D eigenvalue weighted by Crippen LogP contribution is -2.27. The number of ether oxygens (including phenoxy) is 1. The van der Waals surface area contributed by atoms with Crippen molar-refractivity contribution in [3.63, 3.8) is 0 Å².